The van der Waals surface area contributed by atoms with Gasteiger partial charge in [0.15, 0.2) is 0 Å². The first kappa shape index (κ1) is 13.2. The monoisotopic (exact) mass is 259 g/mol. The van der Waals surface area contributed by atoms with Crippen molar-refractivity contribution in [2.24, 2.45) is 5.73 Å². The van der Waals surface area contributed by atoms with Crippen LogP contribution in [-0.4, -0.2) is 11.1 Å². The smallest absolute Gasteiger partial charge is 0.305 e. The predicted octanol–water partition coefficient (Wildman–Crippen LogP) is 2.97. The van der Waals surface area contributed by atoms with Crippen LogP contribution in [0.3, 0.4) is 0 Å². The number of rotatable bonds is 4. The summed E-state index contributed by atoms with van der Waals surface area (Å²) in [4.78, 5) is 10.6. The average Bonchev–Trinajstić information content (AvgIpc) is 2.38. The number of carboxylic acid groups (broad SMARTS) is 1. The number of aliphatic carboxylic acids is 1. The van der Waals surface area contributed by atoms with Crippen LogP contribution in [0.15, 0.2) is 48.5 Å². The molecule has 3 N–H and O–H groups in total. The molecule has 0 amide bonds. The van der Waals surface area contributed by atoms with E-state index in [1.807, 2.05) is 18.2 Å². The van der Waals surface area contributed by atoms with E-state index in [1.54, 1.807) is 18.2 Å². The molecule has 0 aliphatic heterocycles. The molecule has 0 saturated heterocycles. The van der Waals surface area contributed by atoms with Crippen molar-refractivity contribution in [3.63, 3.8) is 0 Å². The summed E-state index contributed by atoms with van der Waals surface area (Å²) in [6.45, 7) is 0. The lowest BCUT2D eigenvalue weighted by Gasteiger charge is -2.10. The van der Waals surface area contributed by atoms with Crippen molar-refractivity contribution in [2.45, 2.75) is 12.5 Å². The highest BCUT2D eigenvalue weighted by atomic mass is 19.1. The number of nitrogens with two attached hydrogens (primary N) is 1. The predicted molar refractivity (Wildman–Crippen MR) is 71.0 cm³/mol. The van der Waals surface area contributed by atoms with Gasteiger partial charge in [-0.25, -0.2) is 4.39 Å². The fourth-order valence-electron chi connectivity index (χ4n) is 1.90. The number of carboxylic acids is 1. The van der Waals surface area contributed by atoms with Gasteiger partial charge in [0, 0.05) is 6.04 Å². The first-order valence-corrected chi connectivity index (χ1v) is 5.89. The Hall–Kier alpha value is -2.20. The van der Waals surface area contributed by atoms with E-state index in [9.17, 15) is 9.18 Å². The van der Waals surface area contributed by atoms with Crippen LogP contribution in [0.1, 0.15) is 18.0 Å². The van der Waals surface area contributed by atoms with Crippen molar-refractivity contribution in [3.8, 4) is 11.1 Å². The third-order valence-corrected chi connectivity index (χ3v) is 2.89. The zero-order valence-electron chi connectivity index (χ0n) is 10.2. The molecule has 0 aliphatic carbocycles. The minimum Gasteiger partial charge on any atom is -0.481 e. The van der Waals surface area contributed by atoms with Gasteiger partial charge in [-0.1, -0.05) is 36.4 Å². The van der Waals surface area contributed by atoms with E-state index < -0.39 is 12.0 Å². The van der Waals surface area contributed by atoms with Gasteiger partial charge in [-0.3, -0.25) is 4.79 Å². The summed E-state index contributed by atoms with van der Waals surface area (Å²) in [5.74, 6) is -1.22. The van der Waals surface area contributed by atoms with E-state index >= 15 is 0 Å². The van der Waals surface area contributed by atoms with E-state index in [4.69, 9.17) is 10.8 Å². The fraction of sp³-hybridized carbons (Fsp3) is 0.133. The van der Waals surface area contributed by atoms with Crippen LogP contribution in [0.4, 0.5) is 4.39 Å². The molecule has 4 heteroatoms. The molecule has 2 aromatic carbocycles. The molecule has 0 fully saturated rings. The summed E-state index contributed by atoms with van der Waals surface area (Å²) in [6, 6.07) is 12.9. The Morgan fingerprint density at radius 1 is 1.16 bits per heavy atom. The Balaban J connectivity index is 2.21. The van der Waals surface area contributed by atoms with Crippen molar-refractivity contribution in [3.05, 3.63) is 59.9 Å². The second-order valence-electron chi connectivity index (χ2n) is 4.34. The lowest BCUT2D eigenvalue weighted by molar-refractivity contribution is -0.137. The maximum absolute atomic E-state index is 13.1. The molecule has 0 spiro atoms. The topological polar surface area (TPSA) is 63.3 Å². The number of halogens is 1. The van der Waals surface area contributed by atoms with Gasteiger partial charge in [-0.05, 0) is 28.8 Å². The molecular formula is C15H14FNO2. The SMILES string of the molecule is NC(CC(=O)O)c1ccc(-c2cccc(F)c2)cc1. The molecule has 19 heavy (non-hydrogen) atoms. The zero-order valence-corrected chi connectivity index (χ0v) is 10.2. The first-order valence-electron chi connectivity index (χ1n) is 5.89. The Kier molecular flexibility index (Phi) is 3.92. The van der Waals surface area contributed by atoms with Gasteiger partial charge in [0.05, 0.1) is 6.42 Å². The van der Waals surface area contributed by atoms with E-state index in [0.29, 0.717) is 0 Å². The Morgan fingerprint density at radius 2 is 1.84 bits per heavy atom. The van der Waals surface area contributed by atoms with Crippen molar-refractivity contribution in [1.29, 1.82) is 0 Å². The Morgan fingerprint density at radius 3 is 2.42 bits per heavy atom. The number of benzene rings is 2. The first-order chi connectivity index (χ1) is 9.06. The second-order valence-corrected chi connectivity index (χ2v) is 4.34. The fourth-order valence-corrected chi connectivity index (χ4v) is 1.90. The van der Waals surface area contributed by atoms with Crippen LogP contribution in [0.2, 0.25) is 0 Å². The molecule has 0 bridgehead atoms. The van der Waals surface area contributed by atoms with Crippen molar-refractivity contribution >= 4 is 5.97 Å². The molecule has 0 aliphatic rings. The Labute approximate surface area is 110 Å². The molecule has 98 valence electrons. The molecule has 3 nitrogen and oxygen atoms in total. The lowest BCUT2D eigenvalue weighted by Crippen LogP contribution is -2.14. The zero-order chi connectivity index (χ0) is 13.8. The molecule has 2 rings (SSSR count). The van der Waals surface area contributed by atoms with E-state index in [0.717, 1.165) is 16.7 Å². The number of hydrogen-bond acceptors (Lipinski definition) is 2. The average molecular weight is 259 g/mol. The van der Waals surface area contributed by atoms with Crippen LogP contribution in [-0.2, 0) is 4.79 Å². The van der Waals surface area contributed by atoms with E-state index in [-0.39, 0.29) is 12.2 Å². The number of carbonyl (C=O) groups is 1. The van der Waals surface area contributed by atoms with Gasteiger partial charge in [0.25, 0.3) is 0 Å². The highest BCUT2D eigenvalue weighted by Crippen LogP contribution is 2.23. The standard InChI is InChI=1S/C15H14FNO2/c16-13-3-1-2-12(8-13)10-4-6-11(7-5-10)14(17)9-15(18)19/h1-8,14H,9,17H2,(H,18,19). The van der Waals surface area contributed by atoms with Crippen LogP contribution in [0, 0.1) is 5.82 Å². The third-order valence-electron chi connectivity index (χ3n) is 2.89. The Bertz CT molecular complexity index is 581. The molecule has 1 unspecified atom stereocenters. The van der Waals surface area contributed by atoms with E-state index in [1.165, 1.54) is 12.1 Å². The van der Waals surface area contributed by atoms with Gasteiger partial charge < -0.3 is 10.8 Å². The number of hydrogen-bond donors (Lipinski definition) is 2. The maximum atomic E-state index is 13.1. The van der Waals surface area contributed by atoms with Crippen molar-refractivity contribution < 1.29 is 14.3 Å². The minimum absolute atomic E-state index is 0.112. The molecule has 0 aromatic heterocycles. The second kappa shape index (κ2) is 5.63. The van der Waals surface area contributed by atoms with Gasteiger partial charge >= 0.3 is 5.97 Å². The highest BCUT2D eigenvalue weighted by molar-refractivity contribution is 5.68. The van der Waals surface area contributed by atoms with Gasteiger partial charge in [-0.2, -0.15) is 0 Å². The maximum Gasteiger partial charge on any atom is 0.305 e. The van der Waals surface area contributed by atoms with Crippen LogP contribution >= 0.6 is 0 Å². The highest BCUT2D eigenvalue weighted by Gasteiger charge is 2.10. The summed E-state index contributed by atoms with van der Waals surface area (Å²) in [5.41, 5.74) is 8.16. The quantitative estimate of drug-likeness (QED) is 0.887. The van der Waals surface area contributed by atoms with Crippen LogP contribution in [0.5, 0.6) is 0 Å². The largest absolute Gasteiger partial charge is 0.481 e. The van der Waals surface area contributed by atoms with Gasteiger partial charge in [-0.15, -0.1) is 0 Å². The van der Waals surface area contributed by atoms with Gasteiger partial charge in [0.2, 0.25) is 0 Å². The minimum atomic E-state index is -0.929. The van der Waals surface area contributed by atoms with Gasteiger partial charge in [0.1, 0.15) is 5.82 Å². The van der Waals surface area contributed by atoms with Crippen LogP contribution < -0.4 is 5.73 Å². The summed E-state index contributed by atoms with van der Waals surface area (Å²) in [7, 11) is 0. The third kappa shape index (κ3) is 3.39. The normalized spacial score (nSPS) is 12.1. The summed E-state index contributed by atoms with van der Waals surface area (Å²) in [6.07, 6.45) is -0.112. The summed E-state index contributed by atoms with van der Waals surface area (Å²) >= 11 is 0. The summed E-state index contributed by atoms with van der Waals surface area (Å²) < 4.78 is 13.1. The molecular weight excluding hydrogens is 245 g/mol. The summed E-state index contributed by atoms with van der Waals surface area (Å²) in [5, 5.41) is 8.69. The molecule has 2 aromatic rings. The molecule has 0 radical (unpaired) electrons. The lowest BCUT2D eigenvalue weighted by atomic mass is 10.00. The molecule has 0 heterocycles. The van der Waals surface area contributed by atoms with Crippen molar-refractivity contribution in [1.82, 2.24) is 0 Å². The molecule has 0 saturated carbocycles. The molecule has 1 atom stereocenters. The van der Waals surface area contributed by atoms with Crippen molar-refractivity contribution in [2.75, 3.05) is 0 Å². The van der Waals surface area contributed by atoms with Crippen LogP contribution in [0.25, 0.3) is 11.1 Å². The van der Waals surface area contributed by atoms with E-state index in [2.05, 4.69) is 0 Å².